The number of aliphatic hydroxyl groups is 2. The molecule has 1 unspecified atom stereocenters. The maximum atomic E-state index is 14.0. The second kappa shape index (κ2) is 4.44. The number of nitrogens with zero attached hydrogens (tertiary/aromatic N) is 4. The van der Waals surface area contributed by atoms with Gasteiger partial charge in [-0.2, -0.15) is 4.99 Å². The fraction of sp³-hybridized carbons (Fsp3) is 0.600. The summed E-state index contributed by atoms with van der Waals surface area (Å²) in [4.78, 5) is 24.0. The maximum Gasteiger partial charge on any atom is 0.279 e. The lowest BCUT2D eigenvalue weighted by Crippen LogP contribution is -2.46. The van der Waals surface area contributed by atoms with E-state index >= 15 is 0 Å². The first-order valence-corrected chi connectivity index (χ1v) is 5.67. The number of hydrogen-bond donors (Lipinski definition) is 2. The molecule has 9 heteroatoms. The van der Waals surface area contributed by atoms with E-state index in [1.54, 1.807) is 0 Å². The summed E-state index contributed by atoms with van der Waals surface area (Å²) < 4.78 is 19.2. The van der Waals surface area contributed by atoms with Gasteiger partial charge in [-0.3, -0.25) is 14.7 Å². The molecule has 102 valence electrons. The van der Waals surface area contributed by atoms with Crippen LogP contribution < -0.4 is 0 Å². The van der Waals surface area contributed by atoms with Gasteiger partial charge in [-0.25, -0.2) is 9.38 Å². The summed E-state index contributed by atoms with van der Waals surface area (Å²) in [6, 6.07) is -0.883. The molecular weight excluding hydrogens is 259 g/mol. The Morgan fingerprint density at radius 1 is 1.53 bits per heavy atom. The number of ether oxygens (including phenoxy) is 1. The second-order valence-electron chi connectivity index (χ2n) is 4.33. The van der Waals surface area contributed by atoms with Crippen molar-refractivity contribution in [3.8, 4) is 0 Å². The summed E-state index contributed by atoms with van der Waals surface area (Å²) in [5.74, 6) is -0.283. The first-order chi connectivity index (χ1) is 9.13. The number of carbonyl (C=O) groups excluding carboxylic acids is 1. The molecule has 0 aromatic heterocycles. The zero-order valence-electron chi connectivity index (χ0n) is 9.63. The summed E-state index contributed by atoms with van der Waals surface area (Å²) >= 11 is 0. The predicted molar refractivity (Wildman–Crippen MR) is 61.7 cm³/mol. The fourth-order valence-electron chi connectivity index (χ4n) is 2.21. The maximum absolute atomic E-state index is 14.0. The fourth-order valence-corrected chi connectivity index (χ4v) is 2.21. The van der Waals surface area contributed by atoms with Crippen molar-refractivity contribution in [3.05, 3.63) is 0 Å². The van der Waals surface area contributed by atoms with Gasteiger partial charge in [0, 0.05) is 0 Å². The lowest BCUT2D eigenvalue weighted by Gasteiger charge is -2.25. The molecule has 0 aliphatic carbocycles. The van der Waals surface area contributed by atoms with Crippen molar-refractivity contribution in [1.82, 2.24) is 4.90 Å². The van der Waals surface area contributed by atoms with Crippen LogP contribution in [0.3, 0.4) is 0 Å². The molecule has 3 rings (SSSR count). The van der Waals surface area contributed by atoms with Crippen molar-refractivity contribution >= 4 is 24.4 Å². The molecule has 0 aromatic rings. The SMILES string of the molecule is O=C1N=CN=C2C1N=CN2[C@@H]1O[C@H](CO)[C@@H](O)[C@H]1F. The highest BCUT2D eigenvalue weighted by molar-refractivity contribution is 6.19. The highest BCUT2D eigenvalue weighted by Gasteiger charge is 2.50. The zero-order valence-corrected chi connectivity index (χ0v) is 9.63. The van der Waals surface area contributed by atoms with Crippen molar-refractivity contribution in [2.75, 3.05) is 6.61 Å². The molecule has 0 bridgehead atoms. The normalized spacial score (nSPS) is 40.8. The first kappa shape index (κ1) is 12.3. The molecular formula is C10H11FN4O4. The predicted octanol–water partition coefficient (Wildman–Crippen LogP) is -1.92. The minimum atomic E-state index is -1.74. The smallest absolute Gasteiger partial charge is 0.279 e. The molecule has 3 aliphatic rings. The zero-order chi connectivity index (χ0) is 13.6. The van der Waals surface area contributed by atoms with Gasteiger partial charge in [-0.05, 0) is 0 Å². The van der Waals surface area contributed by atoms with Crippen molar-refractivity contribution < 1.29 is 24.1 Å². The number of aliphatic imine (C=N–C) groups is 3. The van der Waals surface area contributed by atoms with E-state index in [4.69, 9.17) is 9.84 Å². The average Bonchev–Trinajstić information content (AvgIpc) is 2.94. The van der Waals surface area contributed by atoms with Crippen LogP contribution in [0.25, 0.3) is 0 Å². The Hall–Kier alpha value is -1.71. The van der Waals surface area contributed by atoms with Gasteiger partial charge in [0.25, 0.3) is 5.91 Å². The topological polar surface area (TPSA) is 107 Å². The van der Waals surface area contributed by atoms with Gasteiger partial charge in [-0.15, -0.1) is 0 Å². The molecule has 0 spiro atoms. The Morgan fingerprint density at radius 2 is 2.32 bits per heavy atom. The van der Waals surface area contributed by atoms with Crippen LogP contribution in [0.15, 0.2) is 15.0 Å². The van der Waals surface area contributed by atoms with Gasteiger partial charge in [0.1, 0.15) is 24.4 Å². The van der Waals surface area contributed by atoms with Crippen LogP contribution in [0.2, 0.25) is 0 Å². The van der Waals surface area contributed by atoms with Crippen molar-refractivity contribution in [1.29, 1.82) is 0 Å². The number of hydrogen-bond acceptors (Lipinski definition) is 7. The molecule has 0 aromatic carbocycles. The molecule has 0 radical (unpaired) electrons. The largest absolute Gasteiger partial charge is 0.394 e. The summed E-state index contributed by atoms with van der Waals surface area (Å²) in [6.45, 7) is -0.501. The standard InChI is InChI=1S/C10H11FN4O4/c11-5-7(17)4(1-16)19-10(5)15-3-14-6-8(15)12-2-13-9(6)18/h2-7,10,16-17H,1H2/t4-,5-,6?,7-,10-/m1/s1. The molecule has 5 atom stereocenters. The van der Waals surface area contributed by atoms with Gasteiger partial charge in [0.15, 0.2) is 18.4 Å². The van der Waals surface area contributed by atoms with Gasteiger partial charge in [0.2, 0.25) is 0 Å². The molecule has 19 heavy (non-hydrogen) atoms. The van der Waals surface area contributed by atoms with E-state index in [0.717, 1.165) is 6.34 Å². The Morgan fingerprint density at radius 3 is 3.00 bits per heavy atom. The number of rotatable bonds is 2. The van der Waals surface area contributed by atoms with E-state index in [-0.39, 0.29) is 5.84 Å². The van der Waals surface area contributed by atoms with Gasteiger partial charge in [0.05, 0.1) is 12.9 Å². The van der Waals surface area contributed by atoms with Gasteiger partial charge < -0.3 is 14.9 Å². The third-order valence-electron chi connectivity index (χ3n) is 3.21. The molecule has 1 fully saturated rings. The number of amidine groups is 1. The van der Waals surface area contributed by atoms with Crippen molar-refractivity contribution in [2.24, 2.45) is 15.0 Å². The van der Waals surface area contributed by atoms with E-state index in [1.165, 1.54) is 11.2 Å². The minimum absolute atomic E-state index is 0.207. The van der Waals surface area contributed by atoms with Crippen LogP contribution in [0.5, 0.6) is 0 Å². The lowest BCUT2D eigenvalue weighted by molar-refractivity contribution is -0.117. The van der Waals surface area contributed by atoms with Gasteiger partial charge in [-0.1, -0.05) is 0 Å². The van der Waals surface area contributed by atoms with Crippen LogP contribution in [-0.4, -0.2) is 76.8 Å². The van der Waals surface area contributed by atoms with Gasteiger partial charge >= 0.3 is 0 Å². The number of halogens is 1. The van der Waals surface area contributed by atoms with Crippen molar-refractivity contribution in [2.45, 2.75) is 30.6 Å². The minimum Gasteiger partial charge on any atom is -0.394 e. The summed E-state index contributed by atoms with van der Waals surface area (Å²) in [6.07, 6.45) is -3.05. The molecule has 2 N–H and O–H groups in total. The van der Waals surface area contributed by atoms with E-state index in [0.29, 0.717) is 0 Å². The highest BCUT2D eigenvalue weighted by Crippen LogP contribution is 2.28. The lowest BCUT2D eigenvalue weighted by atomic mass is 10.1. The highest BCUT2D eigenvalue weighted by atomic mass is 19.1. The third-order valence-corrected chi connectivity index (χ3v) is 3.21. The third kappa shape index (κ3) is 1.78. The molecule has 1 saturated heterocycles. The van der Waals surface area contributed by atoms with E-state index in [2.05, 4.69) is 15.0 Å². The van der Waals surface area contributed by atoms with Crippen LogP contribution >= 0.6 is 0 Å². The Bertz CT molecular complexity index is 494. The number of fused-ring (bicyclic) bond motifs is 1. The molecule has 8 nitrogen and oxygen atoms in total. The number of alkyl halides is 1. The molecule has 0 saturated carbocycles. The Labute approximate surface area is 106 Å². The summed E-state index contributed by atoms with van der Waals surface area (Å²) in [5, 5.41) is 18.6. The molecule has 1 amide bonds. The van der Waals surface area contributed by atoms with E-state index < -0.39 is 43.2 Å². The van der Waals surface area contributed by atoms with Crippen LogP contribution in [0.1, 0.15) is 0 Å². The Kier molecular flexibility index (Phi) is 2.88. The molecule has 3 aliphatic heterocycles. The van der Waals surface area contributed by atoms with Crippen LogP contribution in [0.4, 0.5) is 4.39 Å². The van der Waals surface area contributed by atoms with Crippen LogP contribution in [0, 0.1) is 0 Å². The van der Waals surface area contributed by atoms with Crippen molar-refractivity contribution in [3.63, 3.8) is 0 Å². The number of amides is 1. The summed E-state index contributed by atoms with van der Waals surface area (Å²) in [7, 11) is 0. The monoisotopic (exact) mass is 270 g/mol. The van der Waals surface area contributed by atoms with E-state index in [9.17, 15) is 14.3 Å². The summed E-state index contributed by atoms with van der Waals surface area (Å²) in [5.41, 5.74) is 0. The quantitative estimate of drug-likeness (QED) is 0.608. The first-order valence-electron chi connectivity index (χ1n) is 5.67. The average molecular weight is 270 g/mol. The Balaban J connectivity index is 1.85. The van der Waals surface area contributed by atoms with E-state index in [1.807, 2.05) is 0 Å². The number of carbonyl (C=O) groups is 1. The second-order valence-corrected chi connectivity index (χ2v) is 4.33. The van der Waals surface area contributed by atoms with Crippen LogP contribution in [-0.2, 0) is 9.53 Å². The number of aliphatic hydroxyl groups excluding tert-OH is 2. The molecule has 3 heterocycles.